The molecule has 0 aliphatic carbocycles. The van der Waals surface area contributed by atoms with Gasteiger partial charge in [0, 0.05) is 27.3 Å². The lowest BCUT2D eigenvalue weighted by molar-refractivity contribution is -0.144. The Hall–Kier alpha value is -0.210. The number of aliphatic carboxylic acids is 1. The van der Waals surface area contributed by atoms with Crippen LogP contribution in [0.2, 0.25) is 0 Å². The summed E-state index contributed by atoms with van der Waals surface area (Å²) in [5, 5.41) is 11.5. The second-order valence-electron chi connectivity index (χ2n) is 4.59. The van der Waals surface area contributed by atoms with Crippen molar-refractivity contribution in [3.8, 4) is 0 Å². The molecule has 1 N–H and O–H groups in total. The van der Waals surface area contributed by atoms with Gasteiger partial charge in [-0.2, -0.15) is 0 Å². The SMILES string of the molecule is O=C(O)C1c2ccsc2CCN1Cc1cc(Br)c(Br)s1. The Kier molecular flexibility index (Phi) is 4.33. The van der Waals surface area contributed by atoms with Crippen LogP contribution in [-0.2, 0) is 17.8 Å². The van der Waals surface area contributed by atoms with Gasteiger partial charge in [-0.15, -0.1) is 22.7 Å². The largest absolute Gasteiger partial charge is 0.480 e. The zero-order valence-electron chi connectivity index (χ0n) is 10.3. The van der Waals surface area contributed by atoms with Gasteiger partial charge in [-0.1, -0.05) is 0 Å². The Bertz CT molecular complexity index is 633. The van der Waals surface area contributed by atoms with Gasteiger partial charge in [0.25, 0.3) is 0 Å². The fourth-order valence-electron chi connectivity index (χ4n) is 2.50. The first-order chi connectivity index (χ1) is 9.56. The second kappa shape index (κ2) is 5.88. The smallest absolute Gasteiger partial charge is 0.325 e. The summed E-state index contributed by atoms with van der Waals surface area (Å²) in [5.74, 6) is -0.765. The third kappa shape index (κ3) is 2.74. The Morgan fingerprint density at radius 2 is 2.30 bits per heavy atom. The van der Waals surface area contributed by atoms with E-state index < -0.39 is 12.0 Å². The minimum Gasteiger partial charge on any atom is -0.480 e. The molecule has 1 atom stereocenters. The molecule has 0 radical (unpaired) electrons. The molecule has 0 fully saturated rings. The number of hydrogen-bond acceptors (Lipinski definition) is 4. The molecule has 0 amide bonds. The zero-order chi connectivity index (χ0) is 14.3. The first-order valence-electron chi connectivity index (χ1n) is 6.03. The molecule has 3 nitrogen and oxygen atoms in total. The molecule has 0 bridgehead atoms. The summed E-state index contributed by atoms with van der Waals surface area (Å²) in [6, 6.07) is 3.48. The third-order valence-electron chi connectivity index (χ3n) is 3.35. The lowest BCUT2D eigenvalue weighted by atomic mass is 10.00. The highest BCUT2D eigenvalue weighted by Gasteiger charge is 2.33. The number of halogens is 2. The molecule has 7 heteroatoms. The Morgan fingerprint density at radius 1 is 1.50 bits per heavy atom. The molecule has 2 aromatic rings. The molecule has 2 aromatic heterocycles. The van der Waals surface area contributed by atoms with Crippen LogP contribution in [0.15, 0.2) is 25.8 Å². The number of carboxylic acids is 1. The predicted molar refractivity (Wildman–Crippen MR) is 88.5 cm³/mol. The summed E-state index contributed by atoms with van der Waals surface area (Å²) in [4.78, 5) is 16.1. The summed E-state index contributed by atoms with van der Waals surface area (Å²) in [6.45, 7) is 1.46. The topological polar surface area (TPSA) is 40.5 Å². The Morgan fingerprint density at radius 3 is 2.95 bits per heavy atom. The van der Waals surface area contributed by atoms with Gasteiger partial charge in [0.2, 0.25) is 0 Å². The van der Waals surface area contributed by atoms with Gasteiger partial charge in [0.15, 0.2) is 0 Å². The quantitative estimate of drug-likeness (QED) is 0.768. The van der Waals surface area contributed by atoms with Crippen molar-refractivity contribution >= 4 is 60.5 Å². The normalized spacial score (nSPS) is 19.0. The van der Waals surface area contributed by atoms with E-state index in [2.05, 4.69) is 37.9 Å². The Balaban J connectivity index is 1.87. The number of carboxylic acid groups (broad SMARTS) is 1. The molecule has 0 spiro atoms. The number of hydrogen-bond donors (Lipinski definition) is 1. The summed E-state index contributed by atoms with van der Waals surface area (Å²) >= 11 is 10.3. The van der Waals surface area contributed by atoms with Gasteiger partial charge in [0.05, 0.1) is 3.79 Å². The number of fused-ring (bicyclic) bond motifs is 1. The molecule has 20 heavy (non-hydrogen) atoms. The predicted octanol–water partition coefficient (Wildman–Crippen LogP) is 4.52. The van der Waals surface area contributed by atoms with Crippen molar-refractivity contribution in [2.45, 2.75) is 19.0 Å². The van der Waals surface area contributed by atoms with E-state index in [-0.39, 0.29) is 0 Å². The number of rotatable bonds is 3. The van der Waals surface area contributed by atoms with Crippen LogP contribution >= 0.6 is 54.5 Å². The van der Waals surface area contributed by atoms with E-state index in [0.29, 0.717) is 6.54 Å². The lowest BCUT2D eigenvalue weighted by Gasteiger charge is -2.32. The molecular formula is C13H11Br2NO2S2. The summed E-state index contributed by atoms with van der Waals surface area (Å²) in [6.07, 6.45) is 0.935. The highest BCUT2D eigenvalue weighted by molar-refractivity contribution is 9.13. The van der Waals surface area contributed by atoms with Crippen molar-refractivity contribution in [1.29, 1.82) is 0 Å². The molecule has 0 saturated carbocycles. The Labute approximate surface area is 141 Å². The van der Waals surface area contributed by atoms with Crippen molar-refractivity contribution in [1.82, 2.24) is 4.90 Å². The first kappa shape index (κ1) is 14.7. The van der Waals surface area contributed by atoms with Crippen LogP contribution in [0.25, 0.3) is 0 Å². The van der Waals surface area contributed by atoms with E-state index in [1.807, 2.05) is 16.3 Å². The maximum absolute atomic E-state index is 11.6. The molecule has 3 rings (SSSR count). The summed E-state index contributed by atoms with van der Waals surface area (Å²) in [5.41, 5.74) is 0.962. The van der Waals surface area contributed by atoms with E-state index in [0.717, 1.165) is 31.7 Å². The third-order valence-corrected chi connectivity index (χ3v) is 7.59. The summed E-state index contributed by atoms with van der Waals surface area (Å²) < 4.78 is 2.07. The van der Waals surface area contributed by atoms with Gasteiger partial charge in [0.1, 0.15) is 6.04 Å². The van der Waals surface area contributed by atoms with Crippen molar-refractivity contribution < 1.29 is 9.90 Å². The molecular weight excluding hydrogens is 426 g/mol. The molecule has 0 saturated heterocycles. The minimum absolute atomic E-state index is 0.523. The van der Waals surface area contributed by atoms with Crippen molar-refractivity contribution in [3.63, 3.8) is 0 Å². The van der Waals surface area contributed by atoms with E-state index in [1.54, 1.807) is 22.7 Å². The number of carbonyl (C=O) groups is 1. The molecule has 3 heterocycles. The molecule has 0 aromatic carbocycles. The van der Waals surface area contributed by atoms with Crippen molar-refractivity contribution in [2.24, 2.45) is 0 Å². The summed E-state index contributed by atoms with van der Waals surface area (Å²) in [7, 11) is 0. The van der Waals surface area contributed by atoms with Crippen LogP contribution < -0.4 is 0 Å². The standard InChI is InChI=1S/C13H11Br2NO2S2/c14-9-5-7(20-12(9)15)6-16-3-1-10-8(2-4-19-10)11(16)13(17)18/h2,4-5,11H,1,3,6H2,(H,17,18). The van der Waals surface area contributed by atoms with Gasteiger partial charge in [-0.25, -0.2) is 0 Å². The molecule has 1 unspecified atom stereocenters. The molecule has 1 aliphatic rings. The van der Waals surface area contributed by atoms with Crippen LogP contribution in [0.3, 0.4) is 0 Å². The van der Waals surface area contributed by atoms with Crippen LogP contribution in [0.1, 0.15) is 21.4 Å². The molecule has 106 valence electrons. The second-order valence-corrected chi connectivity index (χ2v) is 8.90. The maximum Gasteiger partial charge on any atom is 0.325 e. The fraction of sp³-hybridized carbons (Fsp3) is 0.308. The maximum atomic E-state index is 11.6. The van der Waals surface area contributed by atoms with Crippen LogP contribution in [-0.4, -0.2) is 22.5 Å². The van der Waals surface area contributed by atoms with Gasteiger partial charge < -0.3 is 5.11 Å². The molecule has 1 aliphatic heterocycles. The van der Waals surface area contributed by atoms with Crippen LogP contribution in [0, 0.1) is 0 Å². The first-order valence-corrected chi connectivity index (χ1v) is 9.31. The monoisotopic (exact) mass is 435 g/mol. The van der Waals surface area contributed by atoms with Crippen molar-refractivity contribution in [3.05, 3.63) is 41.1 Å². The highest BCUT2D eigenvalue weighted by Crippen LogP contribution is 2.37. The van der Waals surface area contributed by atoms with Crippen LogP contribution in [0.4, 0.5) is 0 Å². The fourth-order valence-corrected chi connectivity index (χ4v) is 5.60. The average molecular weight is 437 g/mol. The van der Waals surface area contributed by atoms with Crippen molar-refractivity contribution in [2.75, 3.05) is 6.54 Å². The number of nitrogens with zero attached hydrogens (tertiary/aromatic N) is 1. The lowest BCUT2D eigenvalue weighted by Crippen LogP contribution is -2.38. The zero-order valence-corrected chi connectivity index (χ0v) is 15.1. The van der Waals surface area contributed by atoms with E-state index >= 15 is 0 Å². The van der Waals surface area contributed by atoms with E-state index in [1.165, 1.54) is 4.88 Å². The average Bonchev–Trinajstić information content (AvgIpc) is 2.96. The van der Waals surface area contributed by atoms with Gasteiger partial charge in [-0.05, 0) is 61.4 Å². The van der Waals surface area contributed by atoms with Gasteiger partial charge >= 0.3 is 5.97 Å². The van der Waals surface area contributed by atoms with Crippen LogP contribution in [0.5, 0.6) is 0 Å². The minimum atomic E-state index is -0.765. The van der Waals surface area contributed by atoms with Gasteiger partial charge in [-0.3, -0.25) is 9.69 Å². The van der Waals surface area contributed by atoms with E-state index in [4.69, 9.17) is 0 Å². The highest BCUT2D eigenvalue weighted by atomic mass is 79.9. The number of thiophene rings is 2. The van der Waals surface area contributed by atoms with E-state index in [9.17, 15) is 9.90 Å².